The van der Waals surface area contributed by atoms with Crippen molar-refractivity contribution >= 4 is 0 Å². The second kappa shape index (κ2) is 4.17. The lowest BCUT2D eigenvalue weighted by Crippen LogP contribution is -2.51. The summed E-state index contributed by atoms with van der Waals surface area (Å²) in [6.45, 7) is 3.66. The second-order valence-corrected chi connectivity index (χ2v) is 4.88. The topological polar surface area (TPSA) is 41.5 Å². The van der Waals surface area contributed by atoms with Crippen LogP contribution in [0.15, 0.2) is 0 Å². The van der Waals surface area contributed by atoms with Crippen molar-refractivity contribution in [1.82, 2.24) is 5.32 Å². The zero-order valence-electron chi connectivity index (χ0n) is 8.96. The number of ether oxygens (including phenoxy) is 1. The molecule has 3 heteroatoms. The Hall–Kier alpha value is -0.120. The van der Waals surface area contributed by atoms with Crippen LogP contribution in [0.5, 0.6) is 0 Å². The first-order valence-electron chi connectivity index (χ1n) is 5.75. The van der Waals surface area contributed by atoms with E-state index in [2.05, 4.69) is 5.32 Å². The molecule has 0 bridgehead atoms. The molecule has 0 aromatic rings. The fourth-order valence-corrected chi connectivity index (χ4v) is 2.57. The molecule has 0 aromatic carbocycles. The van der Waals surface area contributed by atoms with Gasteiger partial charge in [-0.2, -0.15) is 0 Å². The first-order chi connectivity index (χ1) is 6.68. The zero-order valence-corrected chi connectivity index (χ0v) is 8.96. The van der Waals surface area contributed by atoms with Crippen LogP contribution in [0.25, 0.3) is 0 Å². The Kier molecular flexibility index (Phi) is 3.10. The number of rotatable bonds is 2. The maximum absolute atomic E-state index is 10.1. The number of nitrogens with one attached hydrogen (secondary N) is 1. The summed E-state index contributed by atoms with van der Waals surface area (Å²) in [5, 5.41) is 13.6. The van der Waals surface area contributed by atoms with Crippen molar-refractivity contribution in [3.63, 3.8) is 0 Å². The second-order valence-electron chi connectivity index (χ2n) is 4.88. The number of hydrogen-bond acceptors (Lipinski definition) is 3. The Labute approximate surface area is 85.8 Å². The molecule has 82 valence electrons. The predicted molar refractivity (Wildman–Crippen MR) is 55.2 cm³/mol. The lowest BCUT2D eigenvalue weighted by atomic mass is 9.98. The van der Waals surface area contributed by atoms with E-state index < -0.39 is 5.60 Å². The molecule has 1 saturated carbocycles. The van der Waals surface area contributed by atoms with Gasteiger partial charge in [0.05, 0.1) is 12.2 Å². The SMILES string of the molecule is CC1(O)CCCC1NC1CCCOC1. The average Bonchev–Trinajstić information content (AvgIpc) is 2.48. The van der Waals surface area contributed by atoms with E-state index in [0.717, 1.165) is 38.9 Å². The zero-order chi connectivity index (χ0) is 10.0. The minimum absolute atomic E-state index is 0.272. The van der Waals surface area contributed by atoms with Gasteiger partial charge in [0.1, 0.15) is 0 Å². The van der Waals surface area contributed by atoms with E-state index in [1.165, 1.54) is 6.42 Å². The molecule has 2 rings (SSSR count). The fraction of sp³-hybridized carbons (Fsp3) is 1.00. The van der Waals surface area contributed by atoms with Gasteiger partial charge in [0.2, 0.25) is 0 Å². The van der Waals surface area contributed by atoms with E-state index in [-0.39, 0.29) is 6.04 Å². The molecule has 0 amide bonds. The summed E-state index contributed by atoms with van der Waals surface area (Å²) in [7, 11) is 0. The monoisotopic (exact) mass is 199 g/mol. The van der Waals surface area contributed by atoms with Crippen LogP contribution in [0.3, 0.4) is 0 Å². The molecule has 14 heavy (non-hydrogen) atoms. The Morgan fingerprint density at radius 1 is 1.36 bits per heavy atom. The van der Waals surface area contributed by atoms with E-state index in [1.807, 2.05) is 6.92 Å². The van der Waals surface area contributed by atoms with Crippen LogP contribution in [-0.4, -0.2) is 36.0 Å². The maximum Gasteiger partial charge on any atom is 0.0772 e. The minimum atomic E-state index is -0.503. The molecule has 3 nitrogen and oxygen atoms in total. The molecule has 1 aliphatic carbocycles. The molecular weight excluding hydrogens is 178 g/mol. The number of hydrogen-bond donors (Lipinski definition) is 2. The molecule has 0 radical (unpaired) electrons. The third-order valence-electron chi connectivity index (χ3n) is 3.52. The number of aliphatic hydroxyl groups is 1. The summed E-state index contributed by atoms with van der Waals surface area (Å²) < 4.78 is 5.42. The molecule has 2 N–H and O–H groups in total. The summed E-state index contributed by atoms with van der Waals surface area (Å²) in [5.41, 5.74) is -0.503. The van der Waals surface area contributed by atoms with Crippen molar-refractivity contribution in [2.24, 2.45) is 0 Å². The van der Waals surface area contributed by atoms with Gasteiger partial charge in [0.25, 0.3) is 0 Å². The van der Waals surface area contributed by atoms with E-state index in [4.69, 9.17) is 4.74 Å². The summed E-state index contributed by atoms with van der Waals surface area (Å²) in [6.07, 6.45) is 5.50. The minimum Gasteiger partial charge on any atom is -0.389 e. The third-order valence-corrected chi connectivity index (χ3v) is 3.52. The molecule has 1 heterocycles. The van der Waals surface area contributed by atoms with E-state index >= 15 is 0 Å². The Bertz CT molecular complexity index is 188. The van der Waals surface area contributed by atoms with Crippen LogP contribution in [0.1, 0.15) is 39.0 Å². The highest BCUT2D eigenvalue weighted by atomic mass is 16.5. The van der Waals surface area contributed by atoms with Gasteiger partial charge in [-0.25, -0.2) is 0 Å². The van der Waals surface area contributed by atoms with Crippen LogP contribution in [0, 0.1) is 0 Å². The van der Waals surface area contributed by atoms with Crippen LogP contribution < -0.4 is 5.32 Å². The Morgan fingerprint density at radius 2 is 2.21 bits per heavy atom. The van der Waals surface area contributed by atoms with E-state index in [9.17, 15) is 5.11 Å². The largest absolute Gasteiger partial charge is 0.389 e. The summed E-state index contributed by atoms with van der Waals surface area (Å²) in [4.78, 5) is 0. The summed E-state index contributed by atoms with van der Waals surface area (Å²) in [5.74, 6) is 0. The Morgan fingerprint density at radius 3 is 2.79 bits per heavy atom. The van der Waals surface area contributed by atoms with Gasteiger partial charge in [-0.15, -0.1) is 0 Å². The van der Waals surface area contributed by atoms with Gasteiger partial charge in [-0.05, 0) is 39.0 Å². The summed E-state index contributed by atoms with van der Waals surface area (Å²) in [6, 6.07) is 0.729. The van der Waals surface area contributed by atoms with Crippen LogP contribution in [0.2, 0.25) is 0 Å². The molecule has 2 aliphatic rings. The first-order valence-corrected chi connectivity index (χ1v) is 5.75. The molecule has 1 saturated heterocycles. The molecule has 1 aliphatic heterocycles. The molecule has 0 aromatic heterocycles. The molecule has 0 spiro atoms. The van der Waals surface area contributed by atoms with E-state index in [1.54, 1.807) is 0 Å². The average molecular weight is 199 g/mol. The van der Waals surface area contributed by atoms with Crippen molar-refractivity contribution in [1.29, 1.82) is 0 Å². The molecule has 2 fully saturated rings. The highest BCUT2D eigenvalue weighted by Crippen LogP contribution is 2.30. The van der Waals surface area contributed by atoms with Gasteiger partial charge in [-0.1, -0.05) is 0 Å². The molecule has 3 atom stereocenters. The van der Waals surface area contributed by atoms with Crippen LogP contribution in [-0.2, 0) is 4.74 Å². The quantitative estimate of drug-likeness (QED) is 0.698. The first kappa shape index (κ1) is 10.4. The van der Waals surface area contributed by atoms with Gasteiger partial charge in [0, 0.05) is 18.7 Å². The highest BCUT2D eigenvalue weighted by molar-refractivity contribution is 4.95. The standard InChI is InChI=1S/C11H21NO2/c1-11(13)6-2-5-10(11)12-9-4-3-7-14-8-9/h9-10,12-13H,2-8H2,1H3. The van der Waals surface area contributed by atoms with E-state index in [0.29, 0.717) is 6.04 Å². The van der Waals surface area contributed by atoms with Crippen molar-refractivity contribution < 1.29 is 9.84 Å². The van der Waals surface area contributed by atoms with Gasteiger partial charge < -0.3 is 15.2 Å². The third kappa shape index (κ3) is 2.27. The maximum atomic E-state index is 10.1. The van der Waals surface area contributed by atoms with Crippen LogP contribution >= 0.6 is 0 Å². The van der Waals surface area contributed by atoms with Gasteiger partial charge in [-0.3, -0.25) is 0 Å². The van der Waals surface area contributed by atoms with Gasteiger partial charge >= 0.3 is 0 Å². The van der Waals surface area contributed by atoms with Crippen molar-refractivity contribution in [3.05, 3.63) is 0 Å². The van der Waals surface area contributed by atoms with Gasteiger partial charge in [0.15, 0.2) is 0 Å². The fourth-order valence-electron chi connectivity index (χ4n) is 2.57. The van der Waals surface area contributed by atoms with Crippen molar-refractivity contribution in [2.75, 3.05) is 13.2 Å². The van der Waals surface area contributed by atoms with Crippen LogP contribution in [0.4, 0.5) is 0 Å². The highest BCUT2D eigenvalue weighted by Gasteiger charge is 2.37. The summed E-state index contributed by atoms with van der Waals surface area (Å²) >= 11 is 0. The molecular formula is C11H21NO2. The van der Waals surface area contributed by atoms with Crippen molar-refractivity contribution in [3.8, 4) is 0 Å². The normalized spacial score (nSPS) is 44.1. The predicted octanol–water partition coefficient (Wildman–Crippen LogP) is 1.06. The lowest BCUT2D eigenvalue weighted by molar-refractivity contribution is 0.0160. The molecule has 3 unspecified atom stereocenters. The lowest BCUT2D eigenvalue weighted by Gasteiger charge is -2.32. The Balaban J connectivity index is 1.83. The van der Waals surface area contributed by atoms with Crippen molar-refractivity contribution in [2.45, 2.75) is 56.7 Å². The smallest absolute Gasteiger partial charge is 0.0772 e.